The van der Waals surface area contributed by atoms with Gasteiger partial charge in [-0.15, -0.1) is 0 Å². The number of sulfone groups is 1. The van der Waals surface area contributed by atoms with Crippen molar-refractivity contribution in [3.8, 4) is 6.07 Å². The number of rotatable bonds is 4. The predicted octanol–water partition coefficient (Wildman–Crippen LogP) is 1.19. The number of carbonyl (C=O) groups excluding carboxylic acids is 1. The minimum Gasteiger partial charge on any atom is -0.335 e. The minimum absolute atomic E-state index is 0.614. The zero-order valence-electron chi connectivity index (χ0n) is 11.0. The summed E-state index contributed by atoms with van der Waals surface area (Å²) in [6, 6.07) is 9.75. The molecule has 0 saturated heterocycles. The summed E-state index contributed by atoms with van der Waals surface area (Å²) in [5.41, 5.74) is 0.614. The van der Waals surface area contributed by atoms with Crippen LogP contribution in [-0.2, 0) is 14.6 Å². The van der Waals surface area contributed by atoms with Crippen molar-refractivity contribution in [2.24, 2.45) is 0 Å². The molecule has 0 spiro atoms. The van der Waals surface area contributed by atoms with Gasteiger partial charge in [0.15, 0.2) is 9.84 Å². The first-order chi connectivity index (χ1) is 8.70. The quantitative estimate of drug-likeness (QED) is 0.897. The average Bonchev–Trinajstić information content (AvgIpc) is 2.35. The van der Waals surface area contributed by atoms with Crippen LogP contribution in [0.25, 0.3) is 0 Å². The van der Waals surface area contributed by atoms with Crippen molar-refractivity contribution < 1.29 is 13.2 Å². The van der Waals surface area contributed by atoms with E-state index in [0.29, 0.717) is 5.56 Å². The molecule has 0 aliphatic carbocycles. The molecular weight excluding hydrogens is 264 g/mol. The summed E-state index contributed by atoms with van der Waals surface area (Å²) in [5.74, 6) is -0.689. The molecule has 0 heterocycles. The van der Waals surface area contributed by atoms with Gasteiger partial charge in [0, 0.05) is 6.26 Å². The summed E-state index contributed by atoms with van der Waals surface area (Å²) >= 11 is 0. The third-order valence-corrected chi connectivity index (χ3v) is 5.05. The van der Waals surface area contributed by atoms with Crippen LogP contribution in [0.2, 0.25) is 0 Å². The van der Waals surface area contributed by atoms with Crippen LogP contribution in [0.4, 0.5) is 0 Å². The Balaban J connectivity index is 2.97. The number of nitrogens with zero attached hydrogens (tertiary/aromatic N) is 1. The number of hydrogen-bond acceptors (Lipinski definition) is 4. The van der Waals surface area contributed by atoms with Crippen molar-refractivity contribution in [2.75, 3.05) is 6.26 Å². The van der Waals surface area contributed by atoms with Crippen LogP contribution < -0.4 is 5.32 Å². The zero-order chi connectivity index (χ0) is 14.7. The predicted molar refractivity (Wildman–Crippen MR) is 71.9 cm³/mol. The second-order valence-electron chi connectivity index (χ2n) is 4.73. The van der Waals surface area contributed by atoms with E-state index in [9.17, 15) is 13.2 Å². The molecule has 1 N–H and O–H groups in total. The second kappa shape index (κ2) is 5.41. The van der Waals surface area contributed by atoms with Crippen molar-refractivity contribution in [1.29, 1.82) is 5.26 Å². The van der Waals surface area contributed by atoms with E-state index in [-0.39, 0.29) is 0 Å². The van der Waals surface area contributed by atoms with Gasteiger partial charge in [-0.3, -0.25) is 4.79 Å². The molecule has 0 bridgehead atoms. The van der Waals surface area contributed by atoms with E-state index < -0.39 is 26.5 Å². The molecule has 5 nitrogen and oxygen atoms in total. The molecule has 1 aromatic rings. The van der Waals surface area contributed by atoms with Gasteiger partial charge >= 0.3 is 0 Å². The van der Waals surface area contributed by atoms with Crippen LogP contribution in [0.3, 0.4) is 0 Å². The van der Waals surface area contributed by atoms with Crippen LogP contribution in [0.5, 0.6) is 0 Å². The van der Waals surface area contributed by atoms with E-state index in [1.54, 1.807) is 30.3 Å². The maximum atomic E-state index is 12.0. The third-order valence-electron chi connectivity index (χ3n) is 3.01. The lowest BCUT2D eigenvalue weighted by molar-refractivity contribution is -0.123. The molecule has 1 aromatic carbocycles. The Morgan fingerprint density at radius 3 is 2.26 bits per heavy atom. The second-order valence-corrected chi connectivity index (χ2v) is 7.29. The monoisotopic (exact) mass is 280 g/mol. The van der Waals surface area contributed by atoms with Crippen molar-refractivity contribution in [3.63, 3.8) is 0 Å². The van der Waals surface area contributed by atoms with Crippen LogP contribution >= 0.6 is 0 Å². The molecule has 0 saturated carbocycles. The van der Waals surface area contributed by atoms with Gasteiger partial charge in [0.05, 0.1) is 6.07 Å². The first-order valence-corrected chi connectivity index (χ1v) is 7.54. The van der Waals surface area contributed by atoms with E-state index in [2.05, 4.69) is 5.32 Å². The Bertz CT molecular complexity index is 601. The van der Waals surface area contributed by atoms with Crippen LogP contribution in [0.1, 0.15) is 25.5 Å². The zero-order valence-corrected chi connectivity index (χ0v) is 11.9. The van der Waals surface area contributed by atoms with Gasteiger partial charge in [0.2, 0.25) is 5.91 Å². The highest BCUT2D eigenvalue weighted by molar-refractivity contribution is 7.92. The number of hydrogen-bond donors (Lipinski definition) is 1. The first kappa shape index (κ1) is 15.2. The van der Waals surface area contributed by atoms with E-state index in [1.807, 2.05) is 6.07 Å². The van der Waals surface area contributed by atoms with Gasteiger partial charge in [-0.25, -0.2) is 8.42 Å². The van der Waals surface area contributed by atoms with Gasteiger partial charge < -0.3 is 5.32 Å². The van der Waals surface area contributed by atoms with Gasteiger partial charge in [0.25, 0.3) is 0 Å². The molecule has 19 heavy (non-hydrogen) atoms. The smallest absolute Gasteiger partial charge is 0.242 e. The highest BCUT2D eigenvalue weighted by atomic mass is 32.2. The van der Waals surface area contributed by atoms with Crippen molar-refractivity contribution in [1.82, 2.24) is 5.32 Å². The molecule has 0 fully saturated rings. The van der Waals surface area contributed by atoms with Crippen LogP contribution in [0.15, 0.2) is 30.3 Å². The molecule has 0 aliphatic heterocycles. The summed E-state index contributed by atoms with van der Waals surface area (Å²) in [6.07, 6.45) is 0.997. The Kier molecular flexibility index (Phi) is 4.32. The molecule has 1 rings (SSSR count). The summed E-state index contributed by atoms with van der Waals surface area (Å²) < 4.78 is 21.5. The fraction of sp³-hybridized carbons (Fsp3) is 0.385. The Morgan fingerprint density at radius 1 is 1.32 bits per heavy atom. The maximum absolute atomic E-state index is 12.0. The van der Waals surface area contributed by atoms with Gasteiger partial charge in [0.1, 0.15) is 10.8 Å². The summed E-state index contributed by atoms with van der Waals surface area (Å²) in [7, 11) is -3.56. The van der Waals surface area contributed by atoms with E-state index in [4.69, 9.17) is 5.26 Å². The molecule has 6 heteroatoms. The van der Waals surface area contributed by atoms with Crippen LogP contribution in [0, 0.1) is 11.3 Å². The molecule has 102 valence electrons. The Labute approximate surface area is 113 Å². The molecule has 1 atom stereocenters. The lowest BCUT2D eigenvalue weighted by atomic mass is 10.1. The fourth-order valence-electron chi connectivity index (χ4n) is 1.31. The van der Waals surface area contributed by atoms with E-state index in [0.717, 1.165) is 6.26 Å². The Morgan fingerprint density at radius 2 is 1.84 bits per heavy atom. The lowest BCUT2D eigenvalue weighted by Crippen LogP contribution is -2.48. The number of benzene rings is 1. The van der Waals surface area contributed by atoms with E-state index >= 15 is 0 Å². The average molecular weight is 280 g/mol. The number of nitriles is 1. The molecule has 1 unspecified atom stereocenters. The highest BCUT2D eigenvalue weighted by Gasteiger charge is 2.39. The van der Waals surface area contributed by atoms with Crippen LogP contribution in [-0.4, -0.2) is 25.3 Å². The largest absolute Gasteiger partial charge is 0.335 e. The molecule has 0 aliphatic rings. The number of nitrogens with one attached hydrogen (secondary N) is 1. The number of carbonyl (C=O) groups is 1. The van der Waals surface area contributed by atoms with Gasteiger partial charge in [-0.1, -0.05) is 30.3 Å². The number of amides is 1. The van der Waals surface area contributed by atoms with Crippen molar-refractivity contribution in [2.45, 2.75) is 24.6 Å². The van der Waals surface area contributed by atoms with Crippen molar-refractivity contribution >= 4 is 15.7 Å². The summed E-state index contributed by atoms with van der Waals surface area (Å²) in [6.45, 7) is 2.63. The van der Waals surface area contributed by atoms with Gasteiger partial charge in [-0.2, -0.15) is 5.26 Å². The highest BCUT2D eigenvalue weighted by Crippen LogP contribution is 2.18. The normalized spacial score (nSPS) is 13.4. The minimum atomic E-state index is -3.56. The summed E-state index contributed by atoms with van der Waals surface area (Å²) in [4.78, 5) is 12.0. The van der Waals surface area contributed by atoms with Crippen molar-refractivity contribution in [3.05, 3.63) is 35.9 Å². The first-order valence-electron chi connectivity index (χ1n) is 5.65. The molecule has 1 amide bonds. The topological polar surface area (TPSA) is 87.0 Å². The molecular formula is C13H16N2O3S. The maximum Gasteiger partial charge on any atom is 0.242 e. The summed E-state index contributed by atoms with van der Waals surface area (Å²) in [5, 5.41) is 11.5. The lowest BCUT2D eigenvalue weighted by Gasteiger charge is -2.23. The SMILES string of the molecule is CC(C)(C(=O)NC(C#N)c1ccccc1)S(C)(=O)=O. The standard InChI is InChI=1S/C13H16N2O3S/c1-13(2,19(3,17)18)12(16)15-11(9-14)10-7-5-4-6-8-10/h4-8,11H,1-3H3,(H,15,16). The Hall–Kier alpha value is -1.87. The molecule has 0 radical (unpaired) electrons. The fourth-order valence-corrected chi connectivity index (χ4v) is 1.70. The van der Waals surface area contributed by atoms with Gasteiger partial charge in [-0.05, 0) is 19.4 Å². The molecule has 0 aromatic heterocycles. The van der Waals surface area contributed by atoms with E-state index in [1.165, 1.54) is 13.8 Å². The third kappa shape index (κ3) is 3.32.